The number of hydrogen-bond donors (Lipinski definition) is 2. The molecule has 4 heteroatoms. The van der Waals surface area contributed by atoms with Crippen LogP contribution in [0.2, 0.25) is 0 Å². The second kappa shape index (κ2) is 7.12. The lowest BCUT2D eigenvalue weighted by molar-refractivity contribution is -0.141. The quantitative estimate of drug-likeness (QED) is 0.686. The summed E-state index contributed by atoms with van der Waals surface area (Å²) in [4.78, 5) is 10.6. The van der Waals surface area contributed by atoms with Gasteiger partial charge in [-0.05, 0) is 26.1 Å². The van der Waals surface area contributed by atoms with Gasteiger partial charge in [-0.2, -0.15) is 11.8 Å². The van der Waals surface area contributed by atoms with Crippen LogP contribution in [-0.2, 0) is 4.79 Å². The molecule has 0 radical (unpaired) electrons. The summed E-state index contributed by atoms with van der Waals surface area (Å²) in [6.45, 7) is 6.72. The van der Waals surface area contributed by atoms with Gasteiger partial charge < -0.3 is 10.4 Å². The van der Waals surface area contributed by atoms with Crippen molar-refractivity contribution in [2.45, 2.75) is 38.5 Å². The minimum atomic E-state index is -0.733. The van der Waals surface area contributed by atoms with E-state index in [9.17, 15) is 4.79 Å². The molecule has 0 saturated carbocycles. The molecule has 0 aliphatic heterocycles. The van der Waals surface area contributed by atoms with Crippen molar-refractivity contribution >= 4 is 17.7 Å². The number of carbonyl (C=O) groups is 1. The number of thioether (sulfide) groups is 1. The van der Waals surface area contributed by atoms with Gasteiger partial charge in [-0.1, -0.05) is 13.8 Å². The molecule has 3 atom stereocenters. The fraction of sp³-hybridized carbons (Fsp3) is 0.900. The van der Waals surface area contributed by atoms with Gasteiger partial charge in [0, 0.05) is 11.3 Å². The summed E-state index contributed by atoms with van der Waals surface area (Å²) in [6.07, 6.45) is 3.17. The summed E-state index contributed by atoms with van der Waals surface area (Å²) >= 11 is 1.83. The number of hydrogen-bond acceptors (Lipinski definition) is 3. The highest BCUT2D eigenvalue weighted by Crippen LogP contribution is 2.09. The zero-order chi connectivity index (χ0) is 11.1. The summed E-state index contributed by atoms with van der Waals surface area (Å²) in [5.41, 5.74) is 0. The van der Waals surface area contributed by atoms with E-state index in [2.05, 4.69) is 18.5 Å². The number of nitrogens with one attached hydrogen (secondary N) is 1. The molecule has 84 valence electrons. The first-order valence-electron chi connectivity index (χ1n) is 4.98. The van der Waals surface area contributed by atoms with Gasteiger partial charge in [-0.3, -0.25) is 4.79 Å². The average molecular weight is 219 g/mol. The molecule has 0 spiro atoms. The van der Waals surface area contributed by atoms with Crippen LogP contribution in [0.3, 0.4) is 0 Å². The first-order chi connectivity index (χ1) is 6.49. The molecule has 0 bridgehead atoms. The van der Waals surface area contributed by atoms with Crippen molar-refractivity contribution in [3.8, 4) is 0 Å². The van der Waals surface area contributed by atoms with Gasteiger partial charge >= 0.3 is 5.97 Å². The summed E-state index contributed by atoms with van der Waals surface area (Å²) in [5.74, 6) is -1.05. The lowest BCUT2D eigenvalue weighted by Gasteiger charge is -2.18. The van der Waals surface area contributed by atoms with E-state index in [0.717, 1.165) is 13.0 Å². The van der Waals surface area contributed by atoms with Crippen molar-refractivity contribution in [2.24, 2.45) is 5.92 Å². The molecule has 0 fully saturated rings. The Labute approximate surface area is 90.7 Å². The maximum absolute atomic E-state index is 10.6. The van der Waals surface area contributed by atoms with Crippen LogP contribution in [0, 0.1) is 5.92 Å². The third-order valence-corrected chi connectivity index (χ3v) is 3.60. The molecular formula is C10H21NO2S. The van der Waals surface area contributed by atoms with Crippen molar-refractivity contribution in [3.05, 3.63) is 0 Å². The normalized spacial score (nSPS) is 17.4. The highest BCUT2D eigenvalue weighted by atomic mass is 32.2. The number of carboxylic acid groups (broad SMARTS) is 1. The third kappa shape index (κ3) is 5.50. The van der Waals surface area contributed by atoms with Crippen molar-refractivity contribution in [1.82, 2.24) is 5.32 Å². The largest absolute Gasteiger partial charge is 0.481 e. The molecule has 0 heterocycles. The number of aliphatic carboxylic acids is 1. The van der Waals surface area contributed by atoms with Crippen molar-refractivity contribution < 1.29 is 9.90 Å². The molecule has 0 aromatic carbocycles. The van der Waals surface area contributed by atoms with Gasteiger partial charge in [0.05, 0.1) is 5.92 Å². The van der Waals surface area contributed by atoms with Crippen molar-refractivity contribution in [2.75, 3.05) is 12.8 Å². The van der Waals surface area contributed by atoms with Crippen LogP contribution in [0.4, 0.5) is 0 Å². The Hall–Kier alpha value is -0.220. The van der Waals surface area contributed by atoms with E-state index in [1.54, 1.807) is 6.92 Å². The SMILES string of the molecule is CSC(C)CCNC(C)C(C)C(=O)O. The highest BCUT2D eigenvalue weighted by molar-refractivity contribution is 7.99. The van der Waals surface area contributed by atoms with E-state index in [-0.39, 0.29) is 12.0 Å². The smallest absolute Gasteiger partial charge is 0.307 e. The van der Waals surface area contributed by atoms with Crippen LogP contribution in [-0.4, -0.2) is 35.2 Å². The Balaban J connectivity index is 3.63. The van der Waals surface area contributed by atoms with Gasteiger partial charge in [-0.25, -0.2) is 0 Å². The van der Waals surface area contributed by atoms with Gasteiger partial charge in [-0.15, -0.1) is 0 Å². The van der Waals surface area contributed by atoms with Gasteiger partial charge in [0.25, 0.3) is 0 Å². The molecule has 0 saturated heterocycles. The van der Waals surface area contributed by atoms with E-state index in [0.29, 0.717) is 5.25 Å². The Morgan fingerprint density at radius 1 is 1.43 bits per heavy atom. The lowest BCUT2D eigenvalue weighted by Crippen LogP contribution is -2.37. The molecule has 0 aliphatic carbocycles. The van der Waals surface area contributed by atoms with Crippen LogP contribution < -0.4 is 5.32 Å². The van der Waals surface area contributed by atoms with E-state index >= 15 is 0 Å². The van der Waals surface area contributed by atoms with Crippen LogP contribution in [0.15, 0.2) is 0 Å². The van der Waals surface area contributed by atoms with E-state index in [1.807, 2.05) is 18.7 Å². The standard InChI is InChI=1S/C10H21NO2S/c1-7(14-4)5-6-11-9(3)8(2)10(12)13/h7-9,11H,5-6H2,1-4H3,(H,12,13). The Morgan fingerprint density at radius 2 is 2.00 bits per heavy atom. The minimum Gasteiger partial charge on any atom is -0.481 e. The maximum atomic E-state index is 10.6. The molecule has 2 N–H and O–H groups in total. The van der Waals surface area contributed by atoms with Crippen LogP contribution in [0.25, 0.3) is 0 Å². The summed E-state index contributed by atoms with van der Waals surface area (Å²) in [7, 11) is 0. The molecule has 0 aliphatic rings. The maximum Gasteiger partial charge on any atom is 0.307 e. The molecule has 0 amide bonds. The molecular weight excluding hydrogens is 198 g/mol. The summed E-state index contributed by atoms with van der Waals surface area (Å²) in [6, 6.07) is 0.0431. The summed E-state index contributed by atoms with van der Waals surface area (Å²) in [5, 5.41) is 12.6. The van der Waals surface area contributed by atoms with Crippen molar-refractivity contribution in [1.29, 1.82) is 0 Å². The third-order valence-electron chi connectivity index (χ3n) is 2.56. The lowest BCUT2D eigenvalue weighted by atomic mass is 10.0. The Kier molecular flexibility index (Phi) is 7.01. The van der Waals surface area contributed by atoms with Crippen LogP contribution >= 0.6 is 11.8 Å². The van der Waals surface area contributed by atoms with Crippen molar-refractivity contribution in [3.63, 3.8) is 0 Å². The summed E-state index contributed by atoms with van der Waals surface area (Å²) < 4.78 is 0. The molecule has 3 nitrogen and oxygen atoms in total. The zero-order valence-electron chi connectivity index (χ0n) is 9.41. The molecule has 0 rings (SSSR count). The van der Waals surface area contributed by atoms with E-state index in [1.165, 1.54) is 0 Å². The number of rotatable bonds is 7. The van der Waals surface area contributed by atoms with E-state index < -0.39 is 5.97 Å². The monoisotopic (exact) mass is 219 g/mol. The number of carboxylic acids is 1. The predicted molar refractivity (Wildman–Crippen MR) is 61.9 cm³/mol. The Bertz CT molecular complexity index is 176. The fourth-order valence-electron chi connectivity index (χ4n) is 1.02. The Morgan fingerprint density at radius 3 is 2.43 bits per heavy atom. The average Bonchev–Trinajstić information content (AvgIpc) is 2.15. The van der Waals surface area contributed by atoms with E-state index in [4.69, 9.17) is 5.11 Å². The zero-order valence-corrected chi connectivity index (χ0v) is 10.2. The first-order valence-corrected chi connectivity index (χ1v) is 6.26. The van der Waals surface area contributed by atoms with Crippen LogP contribution in [0.5, 0.6) is 0 Å². The first kappa shape index (κ1) is 13.8. The molecule has 3 unspecified atom stereocenters. The molecule has 14 heavy (non-hydrogen) atoms. The topological polar surface area (TPSA) is 49.3 Å². The predicted octanol–water partition coefficient (Wildman–Crippen LogP) is 1.83. The second-order valence-corrected chi connectivity index (χ2v) is 4.98. The highest BCUT2D eigenvalue weighted by Gasteiger charge is 2.18. The van der Waals surface area contributed by atoms with Crippen LogP contribution in [0.1, 0.15) is 27.2 Å². The minimum absolute atomic E-state index is 0.0431. The molecule has 0 aromatic heterocycles. The molecule has 0 aromatic rings. The van der Waals surface area contributed by atoms with Gasteiger partial charge in [0.2, 0.25) is 0 Å². The van der Waals surface area contributed by atoms with Gasteiger partial charge in [0.15, 0.2) is 0 Å². The fourth-order valence-corrected chi connectivity index (χ4v) is 1.38. The second-order valence-electron chi connectivity index (χ2n) is 3.70. The van der Waals surface area contributed by atoms with Gasteiger partial charge in [0.1, 0.15) is 0 Å².